The van der Waals surface area contributed by atoms with Gasteiger partial charge in [0.15, 0.2) is 0 Å². The molecule has 0 aromatic carbocycles. The van der Waals surface area contributed by atoms with Crippen molar-refractivity contribution in [1.82, 2.24) is 4.90 Å². The molecule has 1 saturated heterocycles. The minimum Gasteiger partial charge on any atom is -0.480 e. The van der Waals surface area contributed by atoms with Crippen LogP contribution in [0.25, 0.3) is 0 Å². The number of primary amides is 1. The second-order valence-corrected chi connectivity index (χ2v) is 5.96. The average Bonchev–Trinajstić information content (AvgIpc) is 2.34. The molecular formula is C12H20N2O4S. The molecule has 0 spiro atoms. The fourth-order valence-corrected chi connectivity index (χ4v) is 2.87. The van der Waals surface area contributed by atoms with E-state index in [4.69, 9.17) is 5.73 Å². The summed E-state index contributed by atoms with van der Waals surface area (Å²) in [6.07, 6.45) is 2.38. The summed E-state index contributed by atoms with van der Waals surface area (Å²) in [5.74, 6) is -0.866. The Morgan fingerprint density at radius 1 is 1.37 bits per heavy atom. The number of nitrogens with two attached hydrogens (primary N) is 1. The van der Waals surface area contributed by atoms with Crippen molar-refractivity contribution < 1.29 is 19.5 Å². The van der Waals surface area contributed by atoms with Crippen LogP contribution in [0.4, 0.5) is 0 Å². The summed E-state index contributed by atoms with van der Waals surface area (Å²) in [5, 5.41) is 9.30. The van der Waals surface area contributed by atoms with E-state index in [1.165, 1.54) is 16.7 Å². The number of hydrogen-bond acceptors (Lipinski definition) is 4. The number of hydrogen-bond donors (Lipinski definition) is 2. The highest BCUT2D eigenvalue weighted by Crippen LogP contribution is 2.29. The maximum atomic E-state index is 12.1. The highest BCUT2D eigenvalue weighted by Gasteiger charge is 2.43. The lowest BCUT2D eigenvalue weighted by atomic mass is 9.88. The Labute approximate surface area is 116 Å². The van der Waals surface area contributed by atoms with E-state index in [0.717, 1.165) is 12.8 Å². The van der Waals surface area contributed by atoms with Gasteiger partial charge in [0.05, 0.1) is 5.75 Å². The number of thioether (sulfide) groups is 1. The highest BCUT2D eigenvalue weighted by molar-refractivity contribution is 7.99. The van der Waals surface area contributed by atoms with Gasteiger partial charge in [0.2, 0.25) is 11.8 Å². The summed E-state index contributed by atoms with van der Waals surface area (Å²) in [6, 6.07) is 0. The SMILES string of the molecule is CC1(C(=O)O)CCCCN1C(=O)CCSCC(N)=O. The van der Waals surface area contributed by atoms with E-state index in [1.807, 2.05) is 0 Å². The fourth-order valence-electron chi connectivity index (χ4n) is 2.21. The van der Waals surface area contributed by atoms with E-state index in [2.05, 4.69) is 0 Å². The van der Waals surface area contributed by atoms with Gasteiger partial charge < -0.3 is 15.7 Å². The van der Waals surface area contributed by atoms with Crippen molar-refractivity contribution in [3.63, 3.8) is 0 Å². The summed E-state index contributed by atoms with van der Waals surface area (Å²) in [7, 11) is 0. The number of nitrogens with zero attached hydrogens (tertiary/aromatic N) is 1. The summed E-state index contributed by atoms with van der Waals surface area (Å²) in [4.78, 5) is 35.5. The van der Waals surface area contributed by atoms with E-state index in [-0.39, 0.29) is 18.1 Å². The van der Waals surface area contributed by atoms with Gasteiger partial charge in [0.1, 0.15) is 5.54 Å². The van der Waals surface area contributed by atoms with Crippen molar-refractivity contribution in [3.8, 4) is 0 Å². The first-order chi connectivity index (χ1) is 8.88. The first kappa shape index (κ1) is 15.8. The van der Waals surface area contributed by atoms with Gasteiger partial charge in [-0.05, 0) is 26.2 Å². The Morgan fingerprint density at radius 3 is 2.63 bits per heavy atom. The molecular weight excluding hydrogens is 268 g/mol. The standard InChI is InChI=1S/C12H20N2O4S/c1-12(11(17)18)5-2-3-6-14(12)10(16)4-7-19-8-9(13)15/h2-8H2,1H3,(H2,13,15)(H,17,18). The van der Waals surface area contributed by atoms with Gasteiger partial charge in [0.25, 0.3) is 0 Å². The van der Waals surface area contributed by atoms with Crippen LogP contribution in [-0.2, 0) is 14.4 Å². The van der Waals surface area contributed by atoms with Crippen LogP contribution in [0.5, 0.6) is 0 Å². The monoisotopic (exact) mass is 288 g/mol. The number of aliphatic carboxylic acids is 1. The number of likely N-dealkylation sites (tertiary alicyclic amines) is 1. The van der Waals surface area contributed by atoms with Crippen LogP contribution in [0.2, 0.25) is 0 Å². The molecule has 0 aliphatic carbocycles. The van der Waals surface area contributed by atoms with Crippen molar-refractivity contribution in [2.45, 2.75) is 38.1 Å². The molecule has 0 bridgehead atoms. The molecule has 19 heavy (non-hydrogen) atoms. The molecule has 1 unspecified atom stereocenters. The Bertz CT molecular complexity index is 375. The third-order valence-electron chi connectivity index (χ3n) is 3.36. The predicted molar refractivity (Wildman–Crippen MR) is 72.7 cm³/mol. The molecule has 0 saturated carbocycles. The van der Waals surface area contributed by atoms with Crippen molar-refractivity contribution in [3.05, 3.63) is 0 Å². The lowest BCUT2D eigenvalue weighted by molar-refractivity contribution is -0.160. The molecule has 108 valence electrons. The number of carbonyl (C=O) groups excluding carboxylic acids is 2. The normalized spacial score (nSPS) is 23.1. The summed E-state index contributed by atoms with van der Waals surface area (Å²) in [5.41, 5.74) is 3.91. The van der Waals surface area contributed by atoms with Crippen molar-refractivity contribution >= 4 is 29.5 Å². The second kappa shape index (κ2) is 6.79. The van der Waals surface area contributed by atoms with Crippen LogP contribution >= 0.6 is 11.8 Å². The van der Waals surface area contributed by atoms with Gasteiger partial charge in [-0.2, -0.15) is 11.8 Å². The minimum absolute atomic E-state index is 0.165. The minimum atomic E-state index is -1.09. The maximum absolute atomic E-state index is 12.1. The molecule has 2 amide bonds. The molecule has 1 fully saturated rings. The van der Waals surface area contributed by atoms with Gasteiger partial charge in [-0.15, -0.1) is 0 Å². The van der Waals surface area contributed by atoms with Gasteiger partial charge >= 0.3 is 5.97 Å². The zero-order chi connectivity index (χ0) is 14.5. The molecule has 1 heterocycles. The number of carbonyl (C=O) groups is 3. The molecule has 1 aliphatic heterocycles. The highest BCUT2D eigenvalue weighted by atomic mass is 32.2. The van der Waals surface area contributed by atoms with Gasteiger partial charge in [0, 0.05) is 18.7 Å². The smallest absolute Gasteiger partial charge is 0.329 e. The fraction of sp³-hybridized carbons (Fsp3) is 0.750. The van der Waals surface area contributed by atoms with E-state index in [9.17, 15) is 19.5 Å². The number of amides is 2. The van der Waals surface area contributed by atoms with Gasteiger partial charge in [-0.25, -0.2) is 4.79 Å². The molecule has 1 rings (SSSR count). The second-order valence-electron chi connectivity index (χ2n) is 4.85. The zero-order valence-electron chi connectivity index (χ0n) is 11.1. The van der Waals surface area contributed by atoms with Crippen LogP contribution < -0.4 is 5.73 Å². The summed E-state index contributed by atoms with van der Waals surface area (Å²) in [6.45, 7) is 2.09. The van der Waals surface area contributed by atoms with Crippen LogP contribution in [0.3, 0.4) is 0 Å². The molecule has 7 heteroatoms. The molecule has 6 nitrogen and oxygen atoms in total. The van der Waals surface area contributed by atoms with E-state index < -0.39 is 17.4 Å². The molecule has 0 aromatic rings. The Kier molecular flexibility index (Phi) is 5.65. The predicted octanol–water partition coefficient (Wildman–Crippen LogP) is 0.451. The van der Waals surface area contributed by atoms with Crippen LogP contribution in [0.15, 0.2) is 0 Å². The van der Waals surface area contributed by atoms with E-state index in [1.54, 1.807) is 6.92 Å². The summed E-state index contributed by atoms with van der Waals surface area (Å²) < 4.78 is 0. The largest absolute Gasteiger partial charge is 0.480 e. The van der Waals surface area contributed by atoms with E-state index in [0.29, 0.717) is 18.7 Å². The molecule has 0 aromatic heterocycles. The first-order valence-corrected chi connectivity index (χ1v) is 7.43. The van der Waals surface area contributed by atoms with Crippen LogP contribution in [0.1, 0.15) is 32.6 Å². The van der Waals surface area contributed by atoms with Crippen LogP contribution in [-0.4, -0.2) is 51.4 Å². The van der Waals surface area contributed by atoms with Gasteiger partial charge in [-0.3, -0.25) is 9.59 Å². The Balaban J connectivity index is 2.53. The number of rotatable bonds is 6. The first-order valence-electron chi connectivity index (χ1n) is 6.28. The van der Waals surface area contributed by atoms with Crippen LogP contribution in [0, 0.1) is 0 Å². The zero-order valence-corrected chi connectivity index (χ0v) is 11.9. The topological polar surface area (TPSA) is 101 Å². The lowest BCUT2D eigenvalue weighted by Gasteiger charge is -2.41. The van der Waals surface area contributed by atoms with Crippen molar-refractivity contribution in [2.24, 2.45) is 5.73 Å². The maximum Gasteiger partial charge on any atom is 0.329 e. The Morgan fingerprint density at radius 2 is 2.05 bits per heavy atom. The lowest BCUT2D eigenvalue weighted by Crippen LogP contribution is -2.57. The van der Waals surface area contributed by atoms with Gasteiger partial charge in [-0.1, -0.05) is 0 Å². The molecule has 0 radical (unpaired) electrons. The number of carboxylic acid groups (broad SMARTS) is 1. The number of piperidine rings is 1. The quantitative estimate of drug-likeness (QED) is 0.691. The third-order valence-corrected chi connectivity index (χ3v) is 4.34. The van der Waals surface area contributed by atoms with Crippen molar-refractivity contribution in [1.29, 1.82) is 0 Å². The molecule has 1 aliphatic rings. The van der Waals surface area contributed by atoms with Crippen molar-refractivity contribution in [2.75, 3.05) is 18.1 Å². The number of carboxylic acids is 1. The summed E-state index contributed by atoms with van der Waals surface area (Å²) >= 11 is 1.29. The van der Waals surface area contributed by atoms with E-state index >= 15 is 0 Å². The molecule has 1 atom stereocenters. The molecule has 3 N–H and O–H groups in total. The Hall–Kier alpha value is -1.24. The average molecular weight is 288 g/mol. The third kappa shape index (κ3) is 4.12.